The average Bonchev–Trinajstić information content (AvgIpc) is 2.78. The second-order valence-corrected chi connectivity index (χ2v) is 8.38. The van der Waals surface area contributed by atoms with Crippen molar-refractivity contribution in [1.29, 1.82) is 0 Å². The SMILES string of the molecule is Cc1ccc(C(=O)N(Cc2cccc(F)c2)c2ccc(CC(=O)NCCN(C)C)cc2)cc1. The highest BCUT2D eigenvalue weighted by Crippen LogP contribution is 2.22. The summed E-state index contributed by atoms with van der Waals surface area (Å²) in [5.41, 5.74) is 3.86. The monoisotopic (exact) mass is 447 g/mol. The first-order chi connectivity index (χ1) is 15.8. The normalized spacial score (nSPS) is 10.8. The number of hydrogen-bond acceptors (Lipinski definition) is 3. The Bertz CT molecular complexity index is 1080. The number of carbonyl (C=O) groups is 2. The molecule has 0 saturated heterocycles. The standard InChI is InChI=1S/C27H30FN3O2/c1-20-7-11-23(12-8-20)27(33)31(19-22-5-4-6-24(28)17-22)25-13-9-21(10-14-25)18-26(32)29-15-16-30(2)3/h4-14,17H,15-16,18-19H2,1-3H3,(H,29,32). The maximum absolute atomic E-state index is 13.8. The van der Waals surface area contributed by atoms with E-state index in [4.69, 9.17) is 0 Å². The summed E-state index contributed by atoms with van der Waals surface area (Å²) in [6.07, 6.45) is 0.267. The van der Waals surface area contributed by atoms with Crippen molar-refractivity contribution in [3.8, 4) is 0 Å². The molecule has 0 unspecified atom stereocenters. The van der Waals surface area contributed by atoms with Crippen LogP contribution in [0.1, 0.15) is 27.0 Å². The first kappa shape index (κ1) is 24.1. The summed E-state index contributed by atoms with van der Waals surface area (Å²) in [6, 6.07) is 21.0. The lowest BCUT2D eigenvalue weighted by atomic mass is 10.1. The third kappa shape index (κ3) is 7.26. The van der Waals surface area contributed by atoms with Gasteiger partial charge in [0.25, 0.3) is 5.91 Å². The molecule has 3 rings (SSSR count). The van der Waals surface area contributed by atoms with E-state index in [0.29, 0.717) is 23.4 Å². The van der Waals surface area contributed by atoms with E-state index >= 15 is 0 Å². The first-order valence-electron chi connectivity index (χ1n) is 10.9. The highest BCUT2D eigenvalue weighted by Gasteiger charge is 2.19. The molecule has 172 valence electrons. The third-order valence-corrected chi connectivity index (χ3v) is 5.27. The minimum atomic E-state index is -0.342. The van der Waals surface area contributed by atoms with Gasteiger partial charge in [-0.15, -0.1) is 0 Å². The van der Waals surface area contributed by atoms with E-state index in [1.165, 1.54) is 12.1 Å². The topological polar surface area (TPSA) is 52.7 Å². The van der Waals surface area contributed by atoms with E-state index in [1.807, 2.05) is 62.3 Å². The smallest absolute Gasteiger partial charge is 0.258 e. The maximum Gasteiger partial charge on any atom is 0.258 e. The van der Waals surface area contributed by atoms with Crippen molar-refractivity contribution in [3.63, 3.8) is 0 Å². The molecule has 3 aromatic carbocycles. The van der Waals surface area contributed by atoms with E-state index in [9.17, 15) is 14.0 Å². The summed E-state index contributed by atoms with van der Waals surface area (Å²) in [6.45, 7) is 3.57. The molecule has 0 aliphatic rings. The Balaban J connectivity index is 1.78. The zero-order chi connectivity index (χ0) is 23.8. The van der Waals surface area contributed by atoms with E-state index in [0.717, 1.165) is 17.7 Å². The van der Waals surface area contributed by atoms with E-state index in [2.05, 4.69) is 5.32 Å². The molecular weight excluding hydrogens is 417 g/mol. The Morgan fingerprint density at radius 1 is 0.909 bits per heavy atom. The number of rotatable bonds is 9. The van der Waals surface area contributed by atoms with Gasteiger partial charge in [0, 0.05) is 24.3 Å². The number of hydrogen-bond donors (Lipinski definition) is 1. The molecule has 0 fully saturated rings. The Morgan fingerprint density at radius 3 is 2.24 bits per heavy atom. The molecule has 0 bridgehead atoms. The molecule has 6 heteroatoms. The van der Waals surface area contributed by atoms with Crippen LogP contribution in [0.25, 0.3) is 0 Å². The van der Waals surface area contributed by atoms with Crippen LogP contribution in [0, 0.1) is 12.7 Å². The molecule has 3 aromatic rings. The second-order valence-electron chi connectivity index (χ2n) is 8.38. The maximum atomic E-state index is 13.8. The van der Waals surface area contributed by atoms with E-state index < -0.39 is 0 Å². The number of halogens is 1. The van der Waals surface area contributed by atoms with Crippen LogP contribution in [0.4, 0.5) is 10.1 Å². The molecule has 0 aromatic heterocycles. The summed E-state index contributed by atoms with van der Waals surface area (Å²) in [4.78, 5) is 29.2. The molecule has 33 heavy (non-hydrogen) atoms. The van der Waals surface area contributed by atoms with Gasteiger partial charge in [-0.2, -0.15) is 0 Å². The van der Waals surface area contributed by atoms with Gasteiger partial charge in [-0.05, 0) is 68.5 Å². The number of benzene rings is 3. The van der Waals surface area contributed by atoms with Crippen molar-refractivity contribution in [2.75, 3.05) is 32.1 Å². The van der Waals surface area contributed by atoms with Crippen LogP contribution in [0.2, 0.25) is 0 Å². The van der Waals surface area contributed by atoms with Crippen molar-refractivity contribution >= 4 is 17.5 Å². The van der Waals surface area contributed by atoms with Gasteiger partial charge in [0.05, 0.1) is 13.0 Å². The third-order valence-electron chi connectivity index (χ3n) is 5.27. The van der Waals surface area contributed by atoms with Crippen LogP contribution in [0.5, 0.6) is 0 Å². The predicted molar refractivity (Wildman–Crippen MR) is 130 cm³/mol. The summed E-state index contributed by atoms with van der Waals surface area (Å²) < 4.78 is 13.8. The van der Waals surface area contributed by atoms with E-state index in [1.54, 1.807) is 29.2 Å². The molecule has 0 saturated carbocycles. The van der Waals surface area contributed by atoms with Gasteiger partial charge in [0.1, 0.15) is 5.82 Å². The van der Waals surface area contributed by atoms with Crippen molar-refractivity contribution in [2.45, 2.75) is 19.9 Å². The van der Waals surface area contributed by atoms with Crippen molar-refractivity contribution < 1.29 is 14.0 Å². The Labute approximate surface area is 194 Å². The number of nitrogens with one attached hydrogen (secondary N) is 1. The lowest BCUT2D eigenvalue weighted by Crippen LogP contribution is -2.32. The number of likely N-dealkylation sites (N-methyl/N-ethyl adjacent to an activating group) is 1. The van der Waals surface area contributed by atoms with Crippen LogP contribution in [0.3, 0.4) is 0 Å². The van der Waals surface area contributed by atoms with Crippen molar-refractivity contribution in [3.05, 3.63) is 101 Å². The Hall–Kier alpha value is -3.51. The zero-order valence-electron chi connectivity index (χ0n) is 19.3. The minimum Gasteiger partial charge on any atom is -0.355 e. The van der Waals surface area contributed by atoms with Crippen molar-refractivity contribution in [2.24, 2.45) is 0 Å². The zero-order valence-corrected chi connectivity index (χ0v) is 19.3. The van der Waals surface area contributed by atoms with Gasteiger partial charge in [-0.3, -0.25) is 9.59 Å². The van der Waals surface area contributed by atoms with Gasteiger partial charge in [0.15, 0.2) is 0 Å². The van der Waals surface area contributed by atoms with Crippen LogP contribution >= 0.6 is 0 Å². The summed E-state index contributed by atoms with van der Waals surface area (Å²) in [5.74, 6) is -0.559. The minimum absolute atomic E-state index is 0.0445. The molecule has 0 aliphatic carbocycles. The highest BCUT2D eigenvalue weighted by molar-refractivity contribution is 6.06. The molecule has 0 spiro atoms. The number of aryl methyl sites for hydroxylation is 1. The lowest BCUT2D eigenvalue weighted by Gasteiger charge is -2.24. The molecule has 0 heterocycles. The number of carbonyl (C=O) groups excluding carboxylic acids is 2. The van der Waals surface area contributed by atoms with Gasteiger partial charge in [-0.25, -0.2) is 4.39 Å². The largest absolute Gasteiger partial charge is 0.355 e. The van der Waals surface area contributed by atoms with Gasteiger partial charge in [-0.1, -0.05) is 42.0 Å². The summed E-state index contributed by atoms with van der Waals surface area (Å²) in [7, 11) is 3.91. The van der Waals surface area contributed by atoms with Gasteiger partial charge in [0.2, 0.25) is 5.91 Å². The fraction of sp³-hybridized carbons (Fsp3) is 0.259. The van der Waals surface area contributed by atoms with Gasteiger partial charge < -0.3 is 15.1 Å². The molecule has 1 N–H and O–H groups in total. The van der Waals surface area contributed by atoms with E-state index in [-0.39, 0.29) is 30.6 Å². The summed E-state index contributed by atoms with van der Waals surface area (Å²) in [5, 5.41) is 2.90. The number of nitrogens with zero attached hydrogens (tertiary/aromatic N) is 2. The Kier molecular flexibility index (Phi) is 8.33. The van der Waals surface area contributed by atoms with Crippen molar-refractivity contribution in [1.82, 2.24) is 10.2 Å². The quantitative estimate of drug-likeness (QED) is 0.535. The van der Waals surface area contributed by atoms with Gasteiger partial charge >= 0.3 is 0 Å². The van der Waals surface area contributed by atoms with Crippen LogP contribution in [0.15, 0.2) is 72.8 Å². The number of amides is 2. The summed E-state index contributed by atoms with van der Waals surface area (Å²) >= 11 is 0. The Morgan fingerprint density at radius 2 is 1.61 bits per heavy atom. The predicted octanol–water partition coefficient (Wildman–Crippen LogP) is 4.20. The molecule has 5 nitrogen and oxygen atoms in total. The van der Waals surface area contributed by atoms with Crippen LogP contribution in [-0.4, -0.2) is 43.9 Å². The molecule has 0 radical (unpaired) electrons. The molecule has 2 amide bonds. The molecular formula is C27H30FN3O2. The molecule has 0 aliphatic heterocycles. The first-order valence-corrected chi connectivity index (χ1v) is 10.9. The lowest BCUT2D eigenvalue weighted by molar-refractivity contribution is -0.120. The fourth-order valence-electron chi connectivity index (χ4n) is 3.41. The number of anilines is 1. The van der Waals surface area contributed by atoms with Crippen LogP contribution < -0.4 is 10.2 Å². The second kappa shape index (κ2) is 11.4. The fourth-order valence-corrected chi connectivity index (χ4v) is 3.41. The average molecular weight is 448 g/mol. The highest BCUT2D eigenvalue weighted by atomic mass is 19.1. The molecule has 0 atom stereocenters. The van der Waals surface area contributed by atoms with Crippen LogP contribution in [-0.2, 0) is 17.8 Å².